The molecule has 3 fully saturated rings. The molecule has 3 heterocycles. The number of morpholine rings is 1. The summed E-state index contributed by atoms with van der Waals surface area (Å²) in [6.07, 6.45) is 7.44. The van der Waals surface area contributed by atoms with Crippen molar-refractivity contribution >= 4 is 29.4 Å². The number of allylic oxidation sites excluding steroid dienone is 2. The first-order chi connectivity index (χ1) is 16.8. The van der Waals surface area contributed by atoms with E-state index in [9.17, 15) is 0 Å². The van der Waals surface area contributed by atoms with Gasteiger partial charge in [0.1, 0.15) is 0 Å². The summed E-state index contributed by atoms with van der Waals surface area (Å²) in [5.74, 6) is 0.815. The summed E-state index contributed by atoms with van der Waals surface area (Å²) >= 11 is 0. The van der Waals surface area contributed by atoms with Crippen molar-refractivity contribution in [3.8, 4) is 0 Å². The van der Waals surface area contributed by atoms with Crippen molar-refractivity contribution in [2.75, 3.05) is 82.0 Å². The predicted molar refractivity (Wildman–Crippen MR) is 154 cm³/mol. The van der Waals surface area contributed by atoms with Gasteiger partial charge in [0.05, 0.1) is 13.2 Å². The lowest BCUT2D eigenvalue weighted by Crippen LogP contribution is -2.48. The standard InChI is InChI=1S/C30H47N3O2.ClH/c1-29(2)20-25(21-30(3,4)23-29)27-19-26(32-13-17-35-18-14-32)5-6-28(27)33-11-9-31(10-12-33)22-24-7-15-34-16-8-24;/h5-6,19-20,24H,7-18,21-23H2,1-4H3;1H. The van der Waals surface area contributed by atoms with Crippen molar-refractivity contribution in [1.82, 2.24) is 4.90 Å². The van der Waals surface area contributed by atoms with Crippen LogP contribution in [0.25, 0.3) is 5.57 Å². The number of rotatable bonds is 5. The third-order valence-corrected chi connectivity index (χ3v) is 8.44. The van der Waals surface area contributed by atoms with Crippen molar-refractivity contribution in [2.45, 2.75) is 53.4 Å². The van der Waals surface area contributed by atoms with Crippen LogP contribution in [0.15, 0.2) is 24.3 Å². The number of halogens is 1. The molecule has 0 bridgehead atoms. The molecular formula is C30H48ClN3O2. The van der Waals surface area contributed by atoms with E-state index in [-0.39, 0.29) is 17.8 Å². The summed E-state index contributed by atoms with van der Waals surface area (Å²) in [5.41, 5.74) is 6.35. The summed E-state index contributed by atoms with van der Waals surface area (Å²) in [7, 11) is 0. The molecule has 6 heteroatoms. The van der Waals surface area contributed by atoms with E-state index in [4.69, 9.17) is 9.47 Å². The average Bonchev–Trinajstić information content (AvgIpc) is 2.83. The van der Waals surface area contributed by atoms with Gasteiger partial charge in [0.15, 0.2) is 0 Å². The van der Waals surface area contributed by atoms with Crippen LogP contribution in [0, 0.1) is 16.7 Å². The highest BCUT2D eigenvalue weighted by molar-refractivity contribution is 5.85. The van der Waals surface area contributed by atoms with Crippen LogP contribution in [0.5, 0.6) is 0 Å². The zero-order chi connectivity index (χ0) is 24.5. The molecule has 0 unspecified atom stereocenters. The molecule has 0 atom stereocenters. The van der Waals surface area contributed by atoms with E-state index in [1.165, 1.54) is 42.7 Å². The smallest absolute Gasteiger partial charge is 0.0642 e. The molecule has 3 aliphatic heterocycles. The lowest BCUT2D eigenvalue weighted by atomic mass is 9.65. The molecule has 202 valence electrons. The van der Waals surface area contributed by atoms with Crippen LogP contribution in [0.2, 0.25) is 0 Å². The van der Waals surface area contributed by atoms with E-state index in [0.717, 1.165) is 78.0 Å². The number of anilines is 2. The quantitative estimate of drug-likeness (QED) is 0.498. The number of benzene rings is 1. The number of hydrogen-bond donors (Lipinski definition) is 0. The summed E-state index contributed by atoms with van der Waals surface area (Å²) in [6.45, 7) is 21.1. The second-order valence-corrected chi connectivity index (χ2v) is 12.8. The van der Waals surface area contributed by atoms with Gasteiger partial charge < -0.3 is 19.3 Å². The van der Waals surface area contributed by atoms with Gasteiger partial charge in [0.2, 0.25) is 0 Å². The molecule has 1 aromatic carbocycles. The predicted octanol–water partition coefficient (Wildman–Crippen LogP) is 5.72. The molecule has 36 heavy (non-hydrogen) atoms. The Labute approximate surface area is 225 Å². The summed E-state index contributed by atoms with van der Waals surface area (Å²) < 4.78 is 11.2. The van der Waals surface area contributed by atoms with Crippen molar-refractivity contribution in [2.24, 2.45) is 16.7 Å². The van der Waals surface area contributed by atoms with E-state index in [1.54, 1.807) is 5.57 Å². The lowest BCUT2D eigenvalue weighted by molar-refractivity contribution is 0.0517. The van der Waals surface area contributed by atoms with Gasteiger partial charge >= 0.3 is 0 Å². The first kappa shape index (κ1) is 27.8. The maximum absolute atomic E-state index is 5.63. The van der Waals surface area contributed by atoms with Gasteiger partial charge in [-0.3, -0.25) is 4.90 Å². The Bertz CT molecular complexity index is 895. The van der Waals surface area contributed by atoms with Crippen LogP contribution in [0.4, 0.5) is 11.4 Å². The van der Waals surface area contributed by atoms with E-state index in [0.29, 0.717) is 5.41 Å². The summed E-state index contributed by atoms with van der Waals surface area (Å²) in [4.78, 5) is 7.86. The van der Waals surface area contributed by atoms with Crippen LogP contribution in [0.1, 0.15) is 58.9 Å². The Hall–Kier alpha value is -1.27. The zero-order valence-electron chi connectivity index (χ0n) is 23.1. The molecule has 0 N–H and O–H groups in total. The van der Waals surface area contributed by atoms with Crippen molar-refractivity contribution in [3.05, 3.63) is 29.8 Å². The minimum Gasteiger partial charge on any atom is -0.381 e. The van der Waals surface area contributed by atoms with E-state index in [2.05, 4.69) is 66.7 Å². The molecule has 4 aliphatic rings. The fourth-order valence-electron chi connectivity index (χ4n) is 7.10. The Morgan fingerprint density at radius 2 is 1.50 bits per heavy atom. The zero-order valence-corrected chi connectivity index (χ0v) is 23.9. The third kappa shape index (κ3) is 6.78. The largest absolute Gasteiger partial charge is 0.381 e. The maximum Gasteiger partial charge on any atom is 0.0642 e. The van der Waals surface area contributed by atoms with Gasteiger partial charge in [-0.05, 0) is 66.2 Å². The van der Waals surface area contributed by atoms with Gasteiger partial charge in [0.25, 0.3) is 0 Å². The van der Waals surface area contributed by atoms with Crippen LogP contribution >= 0.6 is 12.4 Å². The second-order valence-electron chi connectivity index (χ2n) is 12.8. The van der Waals surface area contributed by atoms with Gasteiger partial charge in [-0.2, -0.15) is 0 Å². The lowest BCUT2D eigenvalue weighted by Gasteiger charge is -2.42. The molecule has 1 aromatic rings. The highest BCUT2D eigenvalue weighted by Gasteiger charge is 2.35. The minimum atomic E-state index is 0. The van der Waals surface area contributed by atoms with Gasteiger partial charge in [-0.15, -0.1) is 12.4 Å². The SMILES string of the molecule is CC1(C)C=C(c2cc(N3CCOCC3)ccc2N2CCN(CC3CCOCC3)CC2)CC(C)(C)C1.Cl. The third-order valence-electron chi connectivity index (χ3n) is 8.44. The van der Waals surface area contributed by atoms with Gasteiger partial charge in [0, 0.05) is 76.0 Å². The monoisotopic (exact) mass is 517 g/mol. The Morgan fingerprint density at radius 3 is 2.17 bits per heavy atom. The summed E-state index contributed by atoms with van der Waals surface area (Å²) in [6, 6.07) is 7.28. The molecule has 1 aliphatic carbocycles. The fraction of sp³-hybridized carbons (Fsp3) is 0.733. The van der Waals surface area contributed by atoms with Crippen LogP contribution in [-0.4, -0.2) is 77.1 Å². The highest BCUT2D eigenvalue weighted by Crippen LogP contribution is 2.49. The molecule has 3 saturated heterocycles. The molecular weight excluding hydrogens is 470 g/mol. The average molecular weight is 518 g/mol. The highest BCUT2D eigenvalue weighted by atomic mass is 35.5. The Kier molecular flexibility index (Phi) is 8.97. The van der Waals surface area contributed by atoms with E-state index >= 15 is 0 Å². The Balaban J connectivity index is 0.00000304. The minimum absolute atomic E-state index is 0. The fourth-order valence-corrected chi connectivity index (χ4v) is 7.10. The van der Waals surface area contributed by atoms with Gasteiger partial charge in [-0.1, -0.05) is 33.8 Å². The number of piperazine rings is 1. The first-order valence-corrected chi connectivity index (χ1v) is 14.0. The summed E-state index contributed by atoms with van der Waals surface area (Å²) in [5, 5.41) is 0. The number of nitrogens with zero attached hydrogens (tertiary/aromatic N) is 3. The van der Waals surface area contributed by atoms with Crippen molar-refractivity contribution in [3.63, 3.8) is 0 Å². The van der Waals surface area contributed by atoms with Crippen LogP contribution < -0.4 is 9.80 Å². The first-order valence-electron chi connectivity index (χ1n) is 14.0. The second kappa shape index (κ2) is 11.6. The molecule has 5 rings (SSSR count). The molecule has 0 amide bonds. The van der Waals surface area contributed by atoms with Crippen molar-refractivity contribution in [1.29, 1.82) is 0 Å². The molecule has 0 saturated carbocycles. The molecule has 0 aromatic heterocycles. The topological polar surface area (TPSA) is 28.2 Å². The molecule has 5 nitrogen and oxygen atoms in total. The molecule has 0 radical (unpaired) electrons. The normalized spacial score (nSPS) is 25.3. The molecule has 0 spiro atoms. The number of ether oxygens (including phenoxy) is 2. The Morgan fingerprint density at radius 1 is 0.833 bits per heavy atom. The van der Waals surface area contributed by atoms with Crippen LogP contribution in [-0.2, 0) is 9.47 Å². The van der Waals surface area contributed by atoms with E-state index < -0.39 is 0 Å². The van der Waals surface area contributed by atoms with Gasteiger partial charge in [-0.25, -0.2) is 0 Å². The van der Waals surface area contributed by atoms with Crippen molar-refractivity contribution < 1.29 is 9.47 Å². The number of hydrogen-bond acceptors (Lipinski definition) is 5. The van der Waals surface area contributed by atoms with E-state index in [1.807, 2.05) is 0 Å². The van der Waals surface area contributed by atoms with Crippen LogP contribution in [0.3, 0.4) is 0 Å². The maximum atomic E-state index is 5.63.